The number of alkyl halides is 1. The summed E-state index contributed by atoms with van der Waals surface area (Å²) in [6.07, 6.45) is -0.223. The number of hydrogen-bond acceptors (Lipinski definition) is 7. The number of carbonyl (C=O) groups excluding carboxylic acids is 2. The van der Waals surface area contributed by atoms with Crippen LogP contribution in [0.4, 0.5) is 0 Å². The van der Waals surface area contributed by atoms with Crippen molar-refractivity contribution >= 4 is 27.9 Å². The molecule has 1 N–H and O–H groups in total. The average Bonchev–Trinajstić information content (AvgIpc) is 3.00. The van der Waals surface area contributed by atoms with Crippen LogP contribution >= 0.6 is 15.9 Å². The number of esters is 2. The van der Waals surface area contributed by atoms with Gasteiger partial charge in [-0.2, -0.15) is 0 Å². The maximum atomic E-state index is 13.1. The molecule has 4 fully saturated rings. The monoisotopic (exact) mass is 474 g/mol. The Labute approximate surface area is 179 Å². The number of aliphatic hydroxyl groups is 1. The molecule has 9 atom stereocenters. The fourth-order valence-corrected chi connectivity index (χ4v) is 6.93. The molecule has 2 aliphatic carbocycles. The Morgan fingerprint density at radius 2 is 1.83 bits per heavy atom. The predicted molar refractivity (Wildman–Crippen MR) is 106 cm³/mol. The number of rotatable bonds is 5. The third-order valence-corrected chi connectivity index (χ3v) is 8.67. The van der Waals surface area contributed by atoms with Crippen LogP contribution < -0.4 is 0 Å². The Hall–Kier alpha value is -0.700. The molecule has 0 aromatic heterocycles. The Bertz CT molecular complexity index is 697. The first-order chi connectivity index (χ1) is 13.5. The molecular formula is C21H31BrO7. The molecule has 8 heteroatoms. The number of halogens is 1. The fourth-order valence-electron chi connectivity index (χ4n) is 5.73. The number of aliphatic hydroxyl groups excluding tert-OH is 1. The van der Waals surface area contributed by atoms with Crippen molar-refractivity contribution in [2.45, 2.75) is 89.1 Å². The summed E-state index contributed by atoms with van der Waals surface area (Å²) in [5.41, 5.74) is -1.33. The zero-order valence-electron chi connectivity index (χ0n) is 17.6. The molecule has 0 aromatic carbocycles. The van der Waals surface area contributed by atoms with Crippen molar-refractivity contribution in [1.82, 2.24) is 0 Å². The molecule has 1 spiro atoms. The molecular weight excluding hydrogens is 444 g/mol. The van der Waals surface area contributed by atoms with Crippen LogP contribution in [0, 0.1) is 29.1 Å². The van der Waals surface area contributed by atoms with E-state index in [2.05, 4.69) is 36.7 Å². The van der Waals surface area contributed by atoms with Crippen LogP contribution in [-0.2, 0) is 28.5 Å². The third kappa shape index (κ3) is 2.92. The molecule has 0 unspecified atom stereocenters. The molecule has 164 valence electrons. The average molecular weight is 475 g/mol. The quantitative estimate of drug-likeness (QED) is 0.483. The molecule has 4 aliphatic rings. The van der Waals surface area contributed by atoms with Gasteiger partial charge < -0.3 is 24.1 Å². The first-order valence-corrected chi connectivity index (χ1v) is 11.4. The number of ether oxygens (including phenoxy) is 4. The van der Waals surface area contributed by atoms with E-state index in [4.69, 9.17) is 18.9 Å². The van der Waals surface area contributed by atoms with E-state index >= 15 is 0 Å². The first-order valence-electron chi connectivity index (χ1n) is 10.6. The number of carbonyl (C=O) groups is 2. The molecule has 0 amide bonds. The normalized spacial score (nSPS) is 48.9. The lowest BCUT2D eigenvalue weighted by atomic mass is 9.75. The minimum absolute atomic E-state index is 0.0493. The van der Waals surface area contributed by atoms with Gasteiger partial charge in [0.15, 0.2) is 4.32 Å². The van der Waals surface area contributed by atoms with Crippen molar-refractivity contribution < 1.29 is 33.6 Å². The fraction of sp³-hybridized carbons (Fsp3) is 0.905. The van der Waals surface area contributed by atoms with Crippen molar-refractivity contribution in [2.75, 3.05) is 0 Å². The van der Waals surface area contributed by atoms with Gasteiger partial charge in [0, 0.05) is 0 Å². The van der Waals surface area contributed by atoms with Gasteiger partial charge in [0.25, 0.3) is 0 Å². The highest BCUT2D eigenvalue weighted by atomic mass is 79.9. The number of fused-ring (bicyclic) bond motifs is 3. The lowest BCUT2D eigenvalue weighted by Crippen LogP contribution is -2.46. The molecule has 7 nitrogen and oxygen atoms in total. The minimum atomic E-state index is -1.37. The van der Waals surface area contributed by atoms with E-state index in [-0.39, 0.29) is 12.2 Å². The lowest BCUT2D eigenvalue weighted by Gasteiger charge is -2.39. The third-order valence-electron chi connectivity index (χ3n) is 7.19. The van der Waals surface area contributed by atoms with Gasteiger partial charge in [0.05, 0.1) is 18.1 Å². The summed E-state index contributed by atoms with van der Waals surface area (Å²) < 4.78 is 21.8. The van der Waals surface area contributed by atoms with Gasteiger partial charge in [-0.05, 0) is 44.4 Å². The number of hydrogen-bond donors (Lipinski definition) is 1. The van der Waals surface area contributed by atoms with Crippen LogP contribution in [0.2, 0.25) is 0 Å². The van der Waals surface area contributed by atoms with Crippen molar-refractivity contribution in [3.63, 3.8) is 0 Å². The van der Waals surface area contributed by atoms with E-state index in [1.165, 1.54) is 0 Å². The molecule has 2 saturated heterocycles. The van der Waals surface area contributed by atoms with Crippen molar-refractivity contribution in [3.05, 3.63) is 0 Å². The van der Waals surface area contributed by atoms with Crippen LogP contribution in [0.3, 0.4) is 0 Å². The molecule has 0 bridgehead atoms. The maximum Gasteiger partial charge on any atom is 0.327 e. The Morgan fingerprint density at radius 1 is 1.14 bits per heavy atom. The van der Waals surface area contributed by atoms with Gasteiger partial charge in [-0.25, -0.2) is 0 Å². The summed E-state index contributed by atoms with van der Waals surface area (Å²) in [6, 6.07) is 0. The summed E-state index contributed by atoms with van der Waals surface area (Å²) in [6.45, 7) is 10.3. The summed E-state index contributed by atoms with van der Waals surface area (Å²) in [7, 11) is 0. The SMILES string of the molecule is CC(C)O[C@H]1[C@H](O[C@@H]2C[C@H](C)CC[C@H]2C(C)C)OC(=O)[C@@]12[C@H]1[C@@H](O)OC(=O)[C@]12Br. The largest absolute Gasteiger partial charge is 0.434 e. The Balaban J connectivity index is 1.63. The summed E-state index contributed by atoms with van der Waals surface area (Å²) >= 11 is 3.40. The van der Waals surface area contributed by atoms with Crippen LogP contribution in [0.5, 0.6) is 0 Å². The molecule has 2 saturated carbocycles. The maximum absolute atomic E-state index is 13.1. The van der Waals surface area contributed by atoms with Gasteiger partial charge in [0.2, 0.25) is 12.6 Å². The van der Waals surface area contributed by atoms with E-state index < -0.39 is 46.3 Å². The zero-order chi connectivity index (χ0) is 21.3. The lowest BCUT2D eigenvalue weighted by molar-refractivity contribution is -0.219. The highest BCUT2D eigenvalue weighted by molar-refractivity contribution is 9.10. The molecule has 4 rings (SSSR count). The molecule has 0 radical (unpaired) electrons. The molecule has 2 heterocycles. The van der Waals surface area contributed by atoms with Crippen LogP contribution in [0.1, 0.15) is 53.9 Å². The van der Waals surface area contributed by atoms with Crippen molar-refractivity contribution in [2.24, 2.45) is 29.1 Å². The van der Waals surface area contributed by atoms with Crippen molar-refractivity contribution in [3.8, 4) is 0 Å². The topological polar surface area (TPSA) is 91.3 Å². The van der Waals surface area contributed by atoms with Gasteiger partial charge in [-0.1, -0.05) is 43.1 Å². The summed E-state index contributed by atoms with van der Waals surface area (Å²) in [5, 5.41) is 10.3. The van der Waals surface area contributed by atoms with Crippen LogP contribution in [0.25, 0.3) is 0 Å². The highest BCUT2D eigenvalue weighted by Gasteiger charge is 2.96. The van der Waals surface area contributed by atoms with E-state index in [0.29, 0.717) is 17.8 Å². The first kappa shape index (κ1) is 21.5. The molecule has 0 aromatic rings. The highest BCUT2D eigenvalue weighted by Crippen LogP contribution is 2.77. The summed E-state index contributed by atoms with van der Waals surface area (Å²) in [5.74, 6) is -0.633. The molecule has 29 heavy (non-hydrogen) atoms. The standard InChI is InChI=1S/C21H31BrO7/c1-9(2)12-7-6-11(5)8-13(12)27-17-15(26-10(3)4)20(18(24)29-17)14-16(23)28-19(25)21(14,20)22/h9-17,23H,6-8H2,1-5H3/t11-,12+,13-,14-,15+,16+,17-,20-,21-/m1/s1. The van der Waals surface area contributed by atoms with Gasteiger partial charge in [-0.3, -0.25) is 9.59 Å². The molecule has 2 aliphatic heterocycles. The van der Waals surface area contributed by atoms with E-state index in [0.717, 1.165) is 19.3 Å². The minimum Gasteiger partial charge on any atom is -0.434 e. The van der Waals surface area contributed by atoms with Crippen molar-refractivity contribution in [1.29, 1.82) is 0 Å². The second-order valence-electron chi connectivity index (χ2n) is 9.73. The van der Waals surface area contributed by atoms with Gasteiger partial charge >= 0.3 is 11.9 Å². The predicted octanol–water partition coefficient (Wildman–Crippen LogP) is 2.77. The zero-order valence-corrected chi connectivity index (χ0v) is 19.2. The second-order valence-corrected chi connectivity index (χ2v) is 11.0. The Kier molecular flexibility index (Phi) is 5.33. The van der Waals surface area contributed by atoms with E-state index in [9.17, 15) is 14.7 Å². The van der Waals surface area contributed by atoms with Crippen LogP contribution in [-0.4, -0.2) is 52.3 Å². The van der Waals surface area contributed by atoms with Gasteiger partial charge in [-0.15, -0.1) is 0 Å². The summed E-state index contributed by atoms with van der Waals surface area (Å²) in [4.78, 5) is 25.5. The smallest absolute Gasteiger partial charge is 0.327 e. The van der Waals surface area contributed by atoms with E-state index in [1.807, 2.05) is 13.8 Å². The number of cyclic esters (lactones) is 2. The van der Waals surface area contributed by atoms with E-state index in [1.54, 1.807) is 0 Å². The van der Waals surface area contributed by atoms with Crippen LogP contribution in [0.15, 0.2) is 0 Å². The second kappa shape index (κ2) is 7.18. The Morgan fingerprint density at radius 3 is 2.38 bits per heavy atom. The van der Waals surface area contributed by atoms with Gasteiger partial charge in [0.1, 0.15) is 11.5 Å².